The molecule has 0 aliphatic carbocycles. The van der Waals surface area contributed by atoms with Crippen LogP contribution >= 0.6 is 0 Å². The van der Waals surface area contributed by atoms with E-state index >= 15 is 0 Å². The molecule has 1 radical (unpaired) electrons. The minimum Gasteiger partial charge on any atom is -0.486 e. The van der Waals surface area contributed by atoms with Gasteiger partial charge in [-0.25, -0.2) is 4.79 Å². The second-order valence-corrected chi connectivity index (χ2v) is 3.56. The molecule has 0 saturated heterocycles. The zero-order valence-electron chi connectivity index (χ0n) is 9.48. The molecule has 19 heavy (non-hydrogen) atoms. The third-order valence-corrected chi connectivity index (χ3v) is 2.49. The summed E-state index contributed by atoms with van der Waals surface area (Å²) in [6, 6.07) is 1.56. The van der Waals surface area contributed by atoms with Gasteiger partial charge in [0.2, 0.25) is 11.5 Å². The molecule has 0 saturated carbocycles. The van der Waals surface area contributed by atoms with Crippen molar-refractivity contribution in [1.82, 2.24) is 0 Å². The van der Waals surface area contributed by atoms with Crippen molar-refractivity contribution < 1.29 is 47.7 Å². The van der Waals surface area contributed by atoms with E-state index in [1.54, 1.807) is 6.07 Å². The van der Waals surface area contributed by atoms with E-state index in [0.717, 1.165) is 0 Å². The first-order chi connectivity index (χ1) is 8.70. The Balaban J connectivity index is 0.00000133. The third-order valence-electron chi connectivity index (χ3n) is 2.49. The van der Waals surface area contributed by atoms with Gasteiger partial charge in [-0.1, -0.05) is 0 Å². The molecule has 6 nitrogen and oxygen atoms in total. The van der Waals surface area contributed by atoms with Gasteiger partial charge in [0.25, 0.3) is 0 Å². The second kappa shape index (κ2) is 5.01. The smallest absolute Gasteiger partial charge is 0.347 e. The van der Waals surface area contributed by atoms with Gasteiger partial charge in [0, 0.05) is 25.5 Å². The van der Waals surface area contributed by atoms with Gasteiger partial charge in [-0.05, 0) is 0 Å². The largest absolute Gasteiger partial charge is 0.486 e. The van der Waals surface area contributed by atoms with E-state index in [9.17, 15) is 9.59 Å². The van der Waals surface area contributed by atoms with Gasteiger partial charge in [-0.3, -0.25) is 11.4 Å². The van der Waals surface area contributed by atoms with E-state index in [2.05, 4.69) is 12.7 Å². The first kappa shape index (κ1) is 13.6. The number of carbonyl (C=O) groups excluding carboxylic acids is 2. The fraction of sp³-hybridized carbons (Fsp3) is 0.167. The molecule has 0 atom stereocenters. The van der Waals surface area contributed by atoms with Crippen molar-refractivity contribution >= 4 is 23.1 Å². The molecule has 0 fully saturated rings. The van der Waals surface area contributed by atoms with E-state index in [-0.39, 0.29) is 32.7 Å². The first-order valence-corrected chi connectivity index (χ1v) is 5.14. The van der Waals surface area contributed by atoms with Gasteiger partial charge >= 0.3 is 5.97 Å². The van der Waals surface area contributed by atoms with E-state index < -0.39 is 11.9 Å². The fourth-order valence-corrected chi connectivity index (χ4v) is 1.74. The Bertz CT molecular complexity index is 644. The number of hydrogen-bond acceptors (Lipinski definition) is 6. The number of benzene rings is 1. The maximum atomic E-state index is 11.3. The van der Waals surface area contributed by atoms with Crippen molar-refractivity contribution in [1.29, 1.82) is 0 Å². The molecule has 0 aromatic carbocycles. The van der Waals surface area contributed by atoms with Crippen molar-refractivity contribution in [2.75, 3.05) is 13.2 Å². The summed E-state index contributed by atoms with van der Waals surface area (Å²) in [6.07, 6.45) is 2.06. The van der Waals surface area contributed by atoms with Crippen molar-refractivity contribution in [3.8, 4) is 11.5 Å². The molecule has 0 N–H and O–H groups in total. The van der Waals surface area contributed by atoms with Crippen LogP contribution in [-0.4, -0.2) is 25.2 Å². The minimum atomic E-state index is -0.642. The topological polar surface area (TPSA) is 75.0 Å². The number of carbonyl (C=O) groups is 2. The summed E-state index contributed by atoms with van der Waals surface area (Å²) < 4.78 is 20.3. The molecule has 2 aromatic heterocycles. The van der Waals surface area contributed by atoms with Gasteiger partial charge in [0.15, 0.2) is 11.2 Å². The number of fused-ring (bicyclic) bond motifs is 1. The predicted molar refractivity (Wildman–Crippen MR) is 57.7 cm³/mol. The molecular formula is C12H7O6Rh-. The third kappa shape index (κ3) is 2.10. The summed E-state index contributed by atoms with van der Waals surface area (Å²) in [5.74, 6) is -0.425. The molecule has 1 aliphatic heterocycles. The average Bonchev–Trinajstić information content (AvgIpc) is 2.97. The standard InChI is InChI=1S/C12H7O6.Rh/c1-2-8(13)15-3-4-16-10-7-5-6-9(17-7)11(10)18-12(6)14;/h5H,1,3-4H2;/q-1;. The van der Waals surface area contributed by atoms with Crippen LogP contribution in [0.1, 0.15) is 10.4 Å². The molecule has 2 aromatic rings. The van der Waals surface area contributed by atoms with Gasteiger partial charge < -0.3 is 24.7 Å². The van der Waals surface area contributed by atoms with Gasteiger partial charge in [-0.15, -0.1) is 0 Å². The molecule has 0 amide bonds. The molecule has 3 heterocycles. The average molecular weight is 350 g/mol. The number of rotatable bonds is 5. The normalized spacial score (nSPS) is 12.1. The number of esters is 2. The van der Waals surface area contributed by atoms with E-state index in [0.29, 0.717) is 28.2 Å². The van der Waals surface area contributed by atoms with Crippen LogP contribution in [0.15, 0.2) is 17.1 Å². The van der Waals surface area contributed by atoms with Crippen LogP contribution in [0.25, 0.3) is 11.2 Å². The molecule has 1 aliphatic rings. The monoisotopic (exact) mass is 350 g/mol. The predicted octanol–water partition coefficient (Wildman–Crippen LogP) is 1.31. The Labute approximate surface area is 120 Å². The summed E-state index contributed by atoms with van der Waals surface area (Å²) in [4.78, 5) is 22.0. The quantitative estimate of drug-likeness (QED) is 0.266. The van der Waals surface area contributed by atoms with Crippen molar-refractivity contribution in [3.05, 3.63) is 24.3 Å². The Morgan fingerprint density at radius 3 is 2.95 bits per heavy atom. The van der Waals surface area contributed by atoms with Gasteiger partial charge in [0.05, 0.1) is 0 Å². The Morgan fingerprint density at radius 2 is 2.21 bits per heavy atom. The molecule has 2 bridgehead atoms. The number of hydrogen-bond donors (Lipinski definition) is 0. The van der Waals surface area contributed by atoms with Crippen LogP contribution in [0.2, 0.25) is 0 Å². The maximum Gasteiger partial charge on any atom is 0.347 e. The fourth-order valence-electron chi connectivity index (χ4n) is 1.74. The maximum absolute atomic E-state index is 11.3. The number of ether oxygens (including phenoxy) is 3. The van der Waals surface area contributed by atoms with Crippen LogP contribution in [0.4, 0.5) is 0 Å². The first-order valence-electron chi connectivity index (χ1n) is 5.14. The molecular weight excluding hydrogens is 343 g/mol. The zero-order chi connectivity index (χ0) is 12.7. The van der Waals surface area contributed by atoms with Crippen molar-refractivity contribution in [3.63, 3.8) is 0 Å². The Hall–Kier alpha value is -1.88. The SMILES string of the molecule is C=[C-]C(=O)OCCOc1c2c3oc1cc3C(=O)O2.[Rh]. The summed E-state index contributed by atoms with van der Waals surface area (Å²) in [5, 5.41) is 0. The van der Waals surface area contributed by atoms with Crippen LogP contribution in [-0.2, 0) is 29.0 Å². The summed E-state index contributed by atoms with van der Waals surface area (Å²) in [6.45, 7) is 3.31. The summed E-state index contributed by atoms with van der Waals surface area (Å²) >= 11 is 0. The van der Waals surface area contributed by atoms with Gasteiger partial charge in [-0.2, -0.15) is 0 Å². The van der Waals surface area contributed by atoms with Crippen LogP contribution < -0.4 is 9.47 Å². The summed E-state index contributed by atoms with van der Waals surface area (Å²) in [7, 11) is 0. The van der Waals surface area contributed by atoms with Gasteiger partial charge in [0.1, 0.15) is 24.7 Å². The Morgan fingerprint density at radius 1 is 1.42 bits per heavy atom. The van der Waals surface area contributed by atoms with Crippen LogP contribution in [0.5, 0.6) is 11.5 Å². The molecule has 0 unspecified atom stereocenters. The molecule has 101 valence electrons. The van der Waals surface area contributed by atoms with E-state index in [1.165, 1.54) is 0 Å². The van der Waals surface area contributed by atoms with Crippen LogP contribution in [0, 0.1) is 6.08 Å². The minimum absolute atomic E-state index is 0. The zero-order valence-corrected chi connectivity index (χ0v) is 11.1. The molecule has 0 spiro atoms. The second-order valence-electron chi connectivity index (χ2n) is 3.56. The van der Waals surface area contributed by atoms with E-state index in [4.69, 9.17) is 18.6 Å². The Kier molecular flexibility index (Phi) is 3.58. The molecule has 3 rings (SSSR count). The number of furan rings is 2. The molecule has 7 heteroatoms. The van der Waals surface area contributed by atoms with E-state index in [1.807, 2.05) is 0 Å². The summed E-state index contributed by atoms with van der Waals surface area (Å²) in [5.41, 5.74) is 1.27. The van der Waals surface area contributed by atoms with Crippen molar-refractivity contribution in [2.24, 2.45) is 0 Å². The van der Waals surface area contributed by atoms with Crippen molar-refractivity contribution in [2.45, 2.75) is 0 Å². The van der Waals surface area contributed by atoms with Crippen LogP contribution in [0.3, 0.4) is 0 Å².